The molecule has 0 aromatic rings. The van der Waals surface area contributed by atoms with Crippen molar-refractivity contribution in [3.05, 3.63) is 35.5 Å². The van der Waals surface area contributed by atoms with E-state index in [4.69, 9.17) is 0 Å². The average Bonchev–Trinajstić information content (AvgIpc) is 3.02. The van der Waals surface area contributed by atoms with Gasteiger partial charge in [-0.1, -0.05) is 49.3 Å². The van der Waals surface area contributed by atoms with Crippen LogP contribution in [-0.2, 0) is 4.79 Å². The van der Waals surface area contributed by atoms with Crippen molar-refractivity contribution in [1.29, 1.82) is 0 Å². The first-order valence-corrected chi connectivity index (χ1v) is 12.0. The summed E-state index contributed by atoms with van der Waals surface area (Å²) < 4.78 is 0. The Morgan fingerprint density at radius 3 is 2.70 bits per heavy atom. The van der Waals surface area contributed by atoms with E-state index in [9.17, 15) is 15.0 Å². The van der Waals surface area contributed by atoms with Gasteiger partial charge >= 0.3 is 0 Å². The van der Waals surface area contributed by atoms with Crippen LogP contribution < -0.4 is 0 Å². The Balaban J connectivity index is 1.72. The van der Waals surface area contributed by atoms with Gasteiger partial charge in [0, 0.05) is 5.92 Å². The molecule has 0 radical (unpaired) electrons. The third-order valence-electron chi connectivity index (χ3n) is 8.05. The molecule has 0 heterocycles. The molecule has 0 aliphatic heterocycles. The number of carbonyl (C=O) groups is 1. The van der Waals surface area contributed by atoms with Crippen LogP contribution in [0.3, 0.4) is 0 Å². The summed E-state index contributed by atoms with van der Waals surface area (Å²) in [5, 5.41) is 20.1. The molecule has 0 bridgehead atoms. The van der Waals surface area contributed by atoms with Gasteiger partial charge in [-0.25, -0.2) is 0 Å². The quantitative estimate of drug-likeness (QED) is 0.428. The number of aliphatic hydroxyl groups is 2. The maximum Gasteiger partial charge on any atom is 0.123 e. The second-order valence-corrected chi connectivity index (χ2v) is 11.2. The third-order valence-corrected chi connectivity index (χ3v) is 8.05. The standard InChI is InChI=1S/C27H42O3/c1-19(7-5-13-26(2,3)30)24-11-12-25-22(8-6-14-27(24,25)4)10-9-20-15-21(18-28)17-23(29)16-20/h5,7,9-10,18-19,21,23-25,29-30H,6,8,11-17H2,1-4H3/b7-5+,20-9-,22-10+/t19-,21?,23?,24?,25?,27?/m1/s1. The van der Waals surface area contributed by atoms with E-state index in [1.807, 2.05) is 13.8 Å². The Morgan fingerprint density at radius 1 is 1.23 bits per heavy atom. The molecular formula is C27H42O3. The summed E-state index contributed by atoms with van der Waals surface area (Å²) in [4.78, 5) is 11.2. The molecule has 168 valence electrons. The molecule has 0 saturated heterocycles. The van der Waals surface area contributed by atoms with Crippen molar-refractivity contribution < 1.29 is 15.0 Å². The summed E-state index contributed by atoms with van der Waals surface area (Å²) in [7, 11) is 0. The fourth-order valence-electron chi connectivity index (χ4n) is 6.55. The Morgan fingerprint density at radius 2 is 2.00 bits per heavy atom. The van der Waals surface area contributed by atoms with E-state index in [-0.39, 0.29) is 12.0 Å². The van der Waals surface area contributed by atoms with E-state index in [0.29, 0.717) is 42.4 Å². The molecule has 3 fully saturated rings. The molecule has 5 unspecified atom stereocenters. The minimum absolute atomic E-state index is 0.0255. The molecule has 3 nitrogen and oxygen atoms in total. The lowest BCUT2D eigenvalue weighted by molar-refractivity contribution is -0.112. The van der Waals surface area contributed by atoms with Gasteiger partial charge in [-0.05, 0) is 94.8 Å². The molecule has 3 heteroatoms. The second-order valence-electron chi connectivity index (χ2n) is 11.2. The molecule has 0 spiro atoms. The largest absolute Gasteiger partial charge is 0.393 e. The molecule has 2 N–H and O–H groups in total. The van der Waals surface area contributed by atoms with Crippen LogP contribution in [-0.4, -0.2) is 28.2 Å². The van der Waals surface area contributed by atoms with Crippen molar-refractivity contribution in [2.45, 2.75) is 97.2 Å². The van der Waals surface area contributed by atoms with E-state index < -0.39 is 5.60 Å². The van der Waals surface area contributed by atoms with Gasteiger partial charge in [-0.2, -0.15) is 0 Å². The Bertz CT molecular complexity index is 695. The topological polar surface area (TPSA) is 57.5 Å². The summed E-state index contributed by atoms with van der Waals surface area (Å²) in [6.07, 6.45) is 18.8. The highest BCUT2D eigenvalue weighted by molar-refractivity contribution is 5.55. The second kappa shape index (κ2) is 9.53. The van der Waals surface area contributed by atoms with Gasteiger partial charge < -0.3 is 15.0 Å². The monoisotopic (exact) mass is 414 g/mol. The number of fused-ring (bicyclic) bond motifs is 1. The predicted molar refractivity (Wildman–Crippen MR) is 123 cm³/mol. The maximum absolute atomic E-state index is 11.2. The van der Waals surface area contributed by atoms with Crippen LogP contribution in [0.4, 0.5) is 0 Å². The molecule has 3 saturated carbocycles. The van der Waals surface area contributed by atoms with Crippen molar-refractivity contribution >= 4 is 6.29 Å². The number of hydrogen-bond donors (Lipinski definition) is 2. The number of rotatable bonds is 6. The van der Waals surface area contributed by atoms with E-state index in [0.717, 1.165) is 12.7 Å². The van der Waals surface area contributed by atoms with Gasteiger partial charge in [-0.3, -0.25) is 0 Å². The summed E-state index contributed by atoms with van der Waals surface area (Å²) >= 11 is 0. The van der Waals surface area contributed by atoms with E-state index in [1.54, 1.807) is 5.57 Å². The van der Waals surface area contributed by atoms with Crippen molar-refractivity contribution in [3.8, 4) is 0 Å². The third kappa shape index (κ3) is 5.53. The van der Waals surface area contributed by atoms with Crippen LogP contribution in [0.5, 0.6) is 0 Å². The number of aliphatic hydroxyl groups excluding tert-OH is 1. The van der Waals surface area contributed by atoms with Gasteiger partial charge in [0.05, 0.1) is 11.7 Å². The number of hydrogen-bond acceptors (Lipinski definition) is 3. The number of carbonyl (C=O) groups excluding carboxylic acids is 1. The Labute approximate surface area is 183 Å². The minimum atomic E-state index is -0.637. The highest BCUT2D eigenvalue weighted by Crippen LogP contribution is 2.59. The zero-order chi connectivity index (χ0) is 21.9. The molecule has 0 aromatic heterocycles. The Kier molecular flexibility index (Phi) is 7.45. The van der Waals surface area contributed by atoms with Crippen molar-refractivity contribution in [3.63, 3.8) is 0 Å². The number of aldehydes is 1. The van der Waals surface area contributed by atoms with E-state index in [2.05, 4.69) is 38.2 Å². The van der Waals surface area contributed by atoms with Crippen LogP contribution in [0.25, 0.3) is 0 Å². The minimum Gasteiger partial charge on any atom is -0.393 e. The highest BCUT2D eigenvalue weighted by Gasteiger charge is 2.50. The fourth-order valence-corrected chi connectivity index (χ4v) is 6.55. The maximum atomic E-state index is 11.2. The molecule has 3 aliphatic carbocycles. The average molecular weight is 415 g/mol. The first-order chi connectivity index (χ1) is 14.1. The number of allylic oxidation sites excluding steroid dienone is 4. The molecule has 0 aromatic carbocycles. The summed E-state index contributed by atoms with van der Waals surface area (Å²) in [6, 6.07) is 0. The van der Waals surface area contributed by atoms with Crippen LogP contribution in [0.2, 0.25) is 0 Å². The van der Waals surface area contributed by atoms with Crippen molar-refractivity contribution in [1.82, 2.24) is 0 Å². The highest BCUT2D eigenvalue weighted by atomic mass is 16.3. The van der Waals surface area contributed by atoms with E-state index >= 15 is 0 Å². The first kappa shape index (κ1) is 23.5. The molecular weight excluding hydrogens is 372 g/mol. The molecule has 6 atom stereocenters. The Hall–Kier alpha value is -1.19. The van der Waals surface area contributed by atoms with Crippen molar-refractivity contribution in [2.24, 2.45) is 29.1 Å². The van der Waals surface area contributed by atoms with Crippen LogP contribution in [0, 0.1) is 29.1 Å². The van der Waals surface area contributed by atoms with Crippen LogP contribution in [0.15, 0.2) is 35.5 Å². The predicted octanol–water partition coefficient (Wildman–Crippen LogP) is 5.77. The lowest BCUT2D eigenvalue weighted by Gasteiger charge is -2.44. The molecule has 3 rings (SSSR count). The van der Waals surface area contributed by atoms with Gasteiger partial charge in [-0.15, -0.1) is 0 Å². The van der Waals surface area contributed by atoms with Gasteiger partial charge in [0.1, 0.15) is 6.29 Å². The molecule has 30 heavy (non-hydrogen) atoms. The SMILES string of the molecule is C[C@H](/C=C/CC(C)(C)O)C1CCC2/C(=C/C=C3\CC(O)CC(C=O)C3)CCCC21C. The van der Waals surface area contributed by atoms with E-state index in [1.165, 1.54) is 37.7 Å². The van der Waals surface area contributed by atoms with Crippen LogP contribution >= 0.6 is 0 Å². The molecule has 0 amide bonds. The zero-order valence-electron chi connectivity index (χ0n) is 19.4. The van der Waals surface area contributed by atoms with Gasteiger partial charge in [0.25, 0.3) is 0 Å². The smallest absolute Gasteiger partial charge is 0.123 e. The summed E-state index contributed by atoms with van der Waals surface area (Å²) in [5.74, 6) is 1.84. The zero-order valence-corrected chi connectivity index (χ0v) is 19.4. The van der Waals surface area contributed by atoms with Gasteiger partial charge in [0.2, 0.25) is 0 Å². The normalized spacial score (nSPS) is 38.9. The first-order valence-electron chi connectivity index (χ1n) is 12.0. The fraction of sp³-hybridized carbons (Fsp3) is 0.741. The lowest BCUT2D eigenvalue weighted by atomic mass is 9.61. The van der Waals surface area contributed by atoms with Crippen LogP contribution in [0.1, 0.15) is 85.5 Å². The lowest BCUT2D eigenvalue weighted by Crippen LogP contribution is -2.35. The molecule has 3 aliphatic rings. The van der Waals surface area contributed by atoms with Gasteiger partial charge in [0.15, 0.2) is 0 Å². The summed E-state index contributed by atoms with van der Waals surface area (Å²) in [5.41, 5.74) is 2.51. The summed E-state index contributed by atoms with van der Waals surface area (Å²) in [6.45, 7) is 8.58. The van der Waals surface area contributed by atoms with Crippen molar-refractivity contribution in [2.75, 3.05) is 0 Å².